The van der Waals surface area contributed by atoms with Gasteiger partial charge in [-0.2, -0.15) is 0 Å². The summed E-state index contributed by atoms with van der Waals surface area (Å²) in [5, 5.41) is 1.43. The van der Waals surface area contributed by atoms with Crippen LogP contribution in [0, 0.1) is 0 Å². The molecule has 0 atom stereocenters. The molecule has 0 unspecified atom stereocenters. The van der Waals surface area contributed by atoms with Crippen LogP contribution in [0.15, 0.2) is 36.7 Å². The number of hydrogen-bond donors (Lipinski definition) is 2. The molecule has 0 aliphatic carbocycles. The van der Waals surface area contributed by atoms with E-state index in [-0.39, 0.29) is 11.4 Å². The minimum atomic E-state index is -0.318. The number of hydrazine groups is 1. The Bertz CT molecular complexity index is 1240. The number of methoxy groups -OCH3 is 3. The van der Waals surface area contributed by atoms with E-state index in [1.54, 1.807) is 31.6 Å². The number of pyridine rings is 1. The molecule has 0 spiro atoms. The van der Waals surface area contributed by atoms with Crippen molar-refractivity contribution in [3.8, 4) is 23.0 Å². The number of hydrogen-bond acceptors (Lipinski definition) is 11. The van der Waals surface area contributed by atoms with Crippen LogP contribution in [0.4, 0.5) is 5.69 Å². The normalized spacial score (nSPS) is 10.7. The lowest BCUT2D eigenvalue weighted by Crippen LogP contribution is -2.25. The molecule has 3 aromatic rings. The Balaban J connectivity index is 0.000000638. The average molecular weight is 546 g/mol. The zero-order chi connectivity index (χ0) is 28.5. The summed E-state index contributed by atoms with van der Waals surface area (Å²) in [6.45, 7) is 8.31. The van der Waals surface area contributed by atoms with E-state index in [2.05, 4.69) is 28.0 Å². The monoisotopic (exact) mass is 545 g/mol. The third kappa shape index (κ3) is 7.20. The van der Waals surface area contributed by atoms with E-state index in [0.29, 0.717) is 63.7 Å². The van der Waals surface area contributed by atoms with Crippen molar-refractivity contribution >= 4 is 41.5 Å². The standard InChI is InChI=1S/C22H25N3O5S.C5H10O2/c1-6-30-17-8-7-14-15(20(17)25(31)23-2)11-24-12-16(14)21(26)13-9-18(27-3)22(29-5)19(10-13)28-4;1-5(2,3)7-4-6/h7-12,23,31H,6H2,1-5H3;4H,1-3H3. The van der Waals surface area contributed by atoms with Crippen molar-refractivity contribution in [3.63, 3.8) is 0 Å². The number of aromatic nitrogens is 1. The van der Waals surface area contributed by atoms with E-state index in [1.807, 2.05) is 39.8 Å². The van der Waals surface area contributed by atoms with E-state index in [4.69, 9.17) is 18.9 Å². The van der Waals surface area contributed by atoms with Crippen LogP contribution < -0.4 is 28.8 Å². The third-order valence-electron chi connectivity index (χ3n) is 5.17. The number of ether oxygens (including phenoxy) is 5. The number of anilines is 1. The van der Waals surface area contributed by atoms with Crippen molar-refractivity contribution < 1.29 is 33.3 Å². The van der Waals surface area contributed by atoms with E-state index in [9.17, 15) is 9.59 Å². The van der Waals surface area contributed by atoms with Gasteiger partial charge in [-0.25, -0.2) is 9.84 Å². The first-order valence-corrected chi connectivity index (χ1v) is 12.1. The highest BCUT2D eigenvalue weighted by atomic mass is 32.1. The van der Waals surface area contributed by atoms with Crippen LogP contribution >= 0.6 is 12.8 Å². The van der Waals surface area contributed by atoms with Crippen LogP contribution in [0.1, 0.15) is 43.6 Å². The molecule has 0 amide bonds. The van der Waals surface area contributed by atoms with Crippen LogP contribution in [0.3, 0.4) is 0 Å². The van der Waals surface area contributed by atoms with Gasteiger partial charge in [-0.15, -0.1) is 0 Å². The molecule has 0 fully saturated rings. The summed E-state index contributed by atoms with van der Waals surface area (Å²) in [7, 11) is 6.26. The fraction of sp³-hybridized carbons (Fsp3) is 0.370. The SMILES string of the molecule is CC(C)(C)OC=O.CCOc1ccc2c(C(=O)c3cc(OC)c(OC)c(OC)c3)cncc2c1N(S)NC. The van der Waals surface area contributed by atoms with Gasteiger partial charge in [0.2, 0.25) is 5.75 Å². The zero-order valence-corrected chi connectivity index (χ0v) is 23.8. The lowest BCUT2D eigenvalue weighted by atomic mass is 9.98. The molecule has 0 radical (unpaired) electrons. The molecule has 3 rings (SSSR count). The van der Waals surface area contributed by atoms with Crippen LogP contribution in [0.5, 0.6) is 23.0 Å². The van der Waals surface area contributed by atoms with E-state index in [0.717, 1.165) is 0 Å². The number of benzene rings is 2. The predicted molar refractivity (Wildman–Crippen MR) is 150 cm³/mol. The molecule has 1 heterocycles. The number of fused-ring (bicyclic) bond motifs is 1. The van der Waals surface area contributed by atoms with Crippen LogP contribution in [-0.4, -0.2) is 57.8 Å². The molecular formula is C27H35N3O7S. The number of ketones is 1. The van der Waals surface area contributed by atoms with Crippen LogP contribution in [0.2, 0.25) is 0 Å². The largest absolute Gasteiger partial charge is 0.493 e. The highest BCUT2D eigenvalue weighted by Gasteiger charge is 2.22. The van der Waals surface area contributed by atoms with Crippen molar-refractivity contribution in [2.75, 3.05) is 39.4 Å². The second kappa shape index (κ2) is 13.7. The number of nitrogens with one attached hydrogen (secondary N) is 1. The topological polar surface area (TPSA) is 108 Å². The maximum absolute atomic E-state index is 13.5. The Morgan fingerprint density at radius 3 is 2.11 bits per heavy atom. The fourth-order valence-electron chi connectivity index (χ4n) is 3.50. The van der Waals surface area contributed by atoms with E-state index >= 15 is 0 Å². The summed E-state index contributed by atoms with van der Waals surface area (Å²) >= 11 is 4.47. The second-order valence-corrected chi connectivity index (χ2v) is 9.13. The molecule has 10 nitrogen and oxygen atoms in total. The van der Waals surface area contributed by atoms with Gasteiger partial charge in [0, 0.05) is 36.0 Å². The van der Waals surface area contributed by atoms with Gasteiger partial charge in [-0.3, -0.25) is 14.6 Å². The Kier molecular flexibility index (Phi) is 11.0. The van der Waals surface area contributed by atoms with E-state index < -0.39 is 0 Å². The van der Waals surface area contributed by atoms with Gasteiger partial charge < -0.3 is 23.7 Å². The van der Waals surface area contributed by atoms with Crippen LogP contribution in [-0.2, 0) is 9.53 Å². The Morgan fingerprint density at radius 2 is 1.66 bits per heavy atom. The summed E-state index contributed by atoms with van der Waals surface area (Å²) < 4.78 is 28.0. The number of nitrogens with zero attached hydrogens (tertiary/aromatic N) is 2. The lowest BCUT2D eigenvalue weighted by Gasteiger charge is -2.22. The van der Waals surface area contributed by atoms with Crippen molar-refractivity contribution in [2.45, 2.75) is 33.3 Å². The first-order chi connectivity index (χ1) is 18.1. The van der Waals surface area contributed by atoms with Gasteiger partial charge in [0.05, 0.1) is 27.9 Å². The smallest absolute Gasteiger partial charge is 0.293 e. The molecule has 0 saturated carbocycles. The Hall–Kier alpha value is -3.70. The number of thiol groups is 1. The maximum Gasteiger partial charge on any atom is 0.293 e. The molecule has 38 heavy (non-hydrogen) atoms. The van der Waals surface area contributed by atoms with Gasteiger partial charge in [-0.05, 0) is 70.2 Å². The molecule has 206 valence electrons. The van der Waals surface area contributed by atoms with Crippen molar-refractivity contribution in [3.05, 3.63) is 47.8 Å². The van der Waals surface area contributed by atoms with Gasteiger partial charge in [0.1, 0.15) is 17.0 Å². The second-order valence-electron chi connectivity index (χ2n) is 8.73. The number of rotatable bonds is 10. The van der Waals surface area contributed by atoms with Crippen LogP contribution in [0.25, 0.3) is 10.8 Å². The molecular weight excluding hydrogens is 510 g/mol. The molecule has 0 aliphatic rings. The van der Waals surface area contributed by atoms with Crippen molar-refractivity contribution in [1.29, 1.82) is 0 Å². The number of carbonyl (C=O) groups excluding carboxylic acids is 2. The maximum atomic E-state index is 13.5. The molecule has 0 bridgehead atoms. The van der Waals surface area contributed by atoms with Crippen molar-refractivity contribution in [1.82, 2.24) is 10.4 Å². The van der Waals surface area contributed by atoms with Gasteiger partial charge in [0.15, 0.2) is 17.3 Å². The van der Waals surface area contributed by atoms with Gasteiger partial charge >= 0.3 is 0 Å². The highest BCUT2D eigenvalue weighted by Crippen LogP contribution is 2.40. The minimum absolute atomic E-state index is 0.234. The molecule has 1 N–H and O–H groups in total. The summed E-state index contributed by atoms with van der Waals surface area (Å²) in [5.41, 5.74) is 4.11. The summed E-state index contributed by atoms with van der Waals surface area (Å²) in [6, 6.07) is 6.90. The predicted octanol–water partition coefficient (Wildman–Crippen LogP) is 4.63. The molecule has 0 saturated heterocycles. The van der Waals surface area contributed by atoms with Crippen molar-refractivity contribution in [2.24, 2.45) is 0 Å². The summed E-state index contributed by atoms with van der Waals surface area (Å²) in [4.78, 5) is 27.4. The Morgan fingerprint density at radius 1 is 1.03 bits per heavy atom. The first kappa shape index (κ1) is 30.5. The summed E-state index contributed by atoms with van der Waals surface area (Å²) in [5.74, 6) is 1.60. The van der Waals surface area contributed by atoms with E-state index in [1.165, 1.54) is 25.7 Å². The number of carbonyl (C=O) groups is 2. The summed E-state index contributed by atoms with van der Waals surface area (Å²) in [6.07, 6.45) is 3.22. The first-order valence-electron chi connectivity index (χ1n) is 11.7. The quantitative estimate of drug-likeness (QED) is 0.162. The lowest BCUT2D eigenvalue weighted by molar-refractivity contribution is -0.138. The zero-order valence-electron chi connectivity index (χ0n) is 22.9. The third-order valence-corrected chi connectivity index (χ3v) is 5.57. The fourth-order valence-corrected chi connectivity index (χ4v) is 3.71. The molecule has 2 aromatic carbocycles. The van der Waals surface area contributed by atoms with Gasteiger partial charge in [-0.1, -0.05) is 0 Å². The minimum Gasteiger partial charge on any atom is -0.493 e. The average Bonchev–Trinajstić information content (AvgIpc) is 2.90. The van der Waals surface area contributed by atoms with Gasteiger partial charge in [0.25, 0.3) is 6.47 Å². The Labute approximate surface area is 228 Å². The molecule has 1 aromatic heterocycles. The molecule has 11 heteroatoms. The highest BCUT2D eigenvalue weighted by molar-refractivity contribution is 7.81. The molecule has 0 aliphatic heterocycles.